The normalized spacial score (nSPS) is 11.4. The van der Waals surface area contributed by atoms with Crippen LogP contribution in [-0.2, 0) is 0 Å². The average Bonchev–Trinajstić information content (AvgIpc) is 3.69. The molecule has 0 unspecified atom stereocenters. The maximum absolute atomic E-state index is 6.85. The van der Waals surface area contributed by atoms with Crippen LogP contribution in [-0.4, -0.2) is 0 Å². The Kier molecular flexibility index (Phi) is 8.19. The zero-order valence-corrected chi connectivity index (χ0v) is 31.7. The minimum Gasteiger partial charge on any atom is -0.455 e. The molecular weight excluding hydrogens is 703 g/mol. The van der Waals surface area contributed by atoms with Crippen LogP contribution in [0.5, 0.6) is 0 Å². The van der Waals surface area contributed by atoms with Crippen LogP contribution in [0.4, 0.5) is 17.1 Å². The van der Waals surface area contributed by atoms with Crippen LogP contribution in [0.3, 0.4) is 0 Å². The quantitative estimate of drug-likeness (QED) is 0.162. The zero-order valence-electron chi connectivity index (χ0n) is 31.7. The number of rotatable bonds is 7. The second-order valence-electron chi connectivity index (χ2n) is 14.9. The topological polar surface area (TPSA) is 16.4 Å². The van der Waals surface area contributed by atoms with Crippen LogP contribution < -0.4 is 4.90 Å². The molecule has 0 fully saturated rings. The first-order chi connectivity index (χ1) is 28.8. The Morgan fingerprint density at radius 3 is 1.22 bits per heavy atom. The van der Waals surface area contributed by atoms with E-state index in [4.69, 9.17) is 4.42 Å². The number of nitrogens with zero attached hydrogens (tertiary/aromatic N) is 1. The van der Waals surface area contributed by atoms with Gasteiger partial charge in [-0.05, 0) is 91.3 Å². The fraction of sp³-hybridized carbons (Fsp3) is 0. The van der Waals surface area contributed by atoms with Crippen LogP contribution in [0.1, 0.15) is 0 Å². The van der Waals surface area contributed by atoms with E-state index in [2.05, 4.69) is 229 Å². The van der Waals surface area contributed by atoms with Gasteiger partial charge in [0.15, 0.2) is 0 Å². The smallest absolute Gasteiger partial charge is 0.143 e. The van der Waals surface area contributed by atoms with Crippen LogP contribution >= 0.6 is 0 Å². The highest BCUT2D eigenvalue weighted by atomic mass is 16.3. The summed E-state index contributed by atoms with van der Waals surface area (Å²) in [4.78, 5) is 2.36. The summed E-state index contributed by atoms with van der Waals surface area (Å²) in [7, 11) is 0. The van der Waals surface area contributed by atoms with Crippen LogP contribution in [0.2, 0.25) is 0 Å². The first kappa shape index (κ1) is 33.6. The Hall–Kier alpha value is -7.68. The van der Waals surface area contributed by atoms with Crippen LogP contribution in [0.15, 0.2) is 229 Å². The van der Waals surface area contributed by atoms with Crippen molar-refractivity contribution in [1.29, 1.82) is 0 Å². The van der Waals surface area contributed by atoms with Gasteiger partial charge < -0.3 is 9.32 Å². The van der Waals surface area contributed by atoms with E-state index in [1.54, 1.807) is 0 Å². The van der Waals surface area contributed by atoms with Gasteiger partial charge in [-0.15, -0.1) is 0 Å². The lowest BCUT2D eigenvalue weighted by molar-refractivity contribution is 0.671. The van der Waals surface area contributed by atoms with Crippen molar-refractivity contribution in [2.75, 3.05) is 4.90 Å². The van der Waals surface area contributed by atoms with E-state index in [1.807, 2.05) is 0 Å². The number of anilines is 3. The van der Waals surface area contributed by atoms with Gasteiger partial charge in [-0.3, -0.25) is 0 Å². The fourth-order valence-corrected chi connectivity index (χ4v) is 8.69. The second kappa shape index (κ2) is 14.1. The predicted octanol–water partition coefficient (Wildman–Crippen LogP) is 16.0. The summed E-state index contributed by atoms with van der Waals surface area (Å²) in [6, 6.07) is 80.5. The van der Waals surface area contributed by atoms with E-state index in [0.29, 0.717) is 0 Å². The van der Waals surface area contributed by atoms with Gasteiger partial charge in [-0.2, -0.15) is 0 Å². The molecule has 10 aromatic carbocycles. The van der Waals surface area contributed by atoms with Gasteiger partial charge in [0.25, 0.3) is 0 Å². The lowest BCUT2D eigenvalue weighted by Gasteiger charge is -2.26. The lowest BCUT2D eigenvalue weighted by atomic mass is 9.97. The molecule has 0 aliphatic heterocycles. The molecule has 0 saturated heterocycles. The average molecular weight is 740 g/mol. The van der Waals surface area contributed by atoms with E-state index in [0.717, 1.165) is 61.3 Å². The number of para-hydroxylation sites is 2. The molecule has 0 amide bonds. The van der Waals surface area contributed by atoms with Crippen molar-refractivity contribution in [3.05, 3.63) is 224 Å². The Morgan fingerprint density at radius 1 is 0.259 bits per heavy atom. The summed E-state index contributed by atoms with van der Waals surface area (Å²) < 4.78 is 6.85. The van der Waals surface area contributed by atoms with Gasteiger partial charge in [0.05, 0.1) is 0 Å². The summed E-state index contributed by atoms with van der Waals surface area (Å²) in [5, 5.41) is 7.22. The molecule has 11 rings (SSSR count). The molecule has 0 N–H and O–H groups in total. The number of hydrogen-bond donors (Lipinski definition) is 0. The van der Waals surface area contributed by atoms with E-state index in [1.165, 1.54) is 43.8 Å². The minimum atomic E-state index is 0.892. The first-order valence-corrected chi connectivity index (χ1v) is 19.8. The molecule has 0 saturated carbocycles. The molecule has 0 aliphatic rings. The van der Waals surface area contributed by atoms with Crippen LogP contribution in [0.25, 0.3) is 88.0 Å². The molecule has 0 aliphatic carbocycles. The summed E-state index contributed by atoms with van der Waals surface area (Å²) >= 11 is 0. The van der Waals surface area contributed by atoms with E-state index in [9.17, 15) is 0 Å². The maximum atomic E-state index is 6.85. The third kappa shape index (κ3) is 5.82. The molecule has 58 heavy (non-hydrogen) atoms. The number of furan rings is 1. The van der Waals surface area contributed by atoms with Gasteiger partial charge in [0.1, 0.15) is 11.2 Å². The fourth-order valence-electron chi connectivity index (χ4n) is 8.69. The minimum absolute atomic E-state index is 0.892. The Labute approximate surface area is 337 Å². The molecule has 2 heteroatoms. The summed E-state index contributed by atoms with van der Waals surface area (Å²) in [6.07, 6.45) is 0. The monoisotopic (exact) mass is 739 g/mol. The van der Waals surface area contributed by atoms with Crippen molar-refractivity contribution in [2.45, 2.75) is 0 Å². The Morgan fingerprint density at radius 2 is 0.655 bits per heavy atom. The highest BCUT2D eigenvalue weighted by Gasteiger charge is 2.19. The third-order valence-corrected chi connectivity index (χ3v) is 11.5. The Balaban J connectivity index is 1.04. The number of benzene rings is 10. The molecule has 0 spiro atoms. The standard InChI is InChI=1S/C56H37NO/c1-2-13-40(14-3-1)51-25-11-27-53-54-28-12-26-52(56(54)58-55(51)53)43-19-8-20-46(37-43)57(44-33-29-41(30-34-44)49-23-9-17-38-15-4-6-21-47(38)49)45-35-31-42(32-36-45)50-24-10-18-39-16-5-7-22-48(39)50/h1-37H. The van der Waals surface area contributed by atoms with Crippen molar-refractivity contribution in [3.63, 3.8) is 0 Å². The first-order valence-electron chi connectivity index (χ1n) is 19.8. The summed E-state index contributed by atoms with van der Waals surface area (Å²) in [6.45, 7) is 0. The molecule has 1 aromatic heterocycles. The molecule has 2 nitrogen and oxygen atoms in total. The molecule has 0 atom stereocenters. The summed E-state index contributed by atoms with van der Waals surface area (Å²) in [5.41, 5.74) is 14.2. The molecule has 1 heterocycles. The van der Waals surface area contributed by atoms with E-state index < -0.39 is 0 Å². The van der Waals surface area contributed by atoms with Crippen LogP contribution in [0, 0.1) is 0 Å². The molecular formula is C56H37NO. The van der Waals surface area contributed by atoms with Crippen molar-refractivity contribution in [2.24, 2.45) is 0 Å². The van der Waals surface area contributed by atoms with Crippen molar-refractivity contribution >= 4 is 60.5 Å². The largest absolute Gasteiger partial charge is 0.455 e. The predicted molar refractivity (Wildman–Crippen MR) is 245 cm³/mol. The third-order valence-electron chi connectivity index (χ3n) is 11.5. The van der Waals surface area contributed by atoms with Gasteiger partial charge in [-0.25, -0.2) is 0 Å². The van der Waals surface area contributed by atoms with E-state index in [-0.39, 0.29) is 0 Å². The summed E-state index contributed by atoms with van der Waals surface area (Å²) in [5.74, 6) is 0. The second-order valence-corrected chi connectivity index (χ2v) is 14.9. The van der Waals surface area contributed by atoms with Crippen molar-refractivity contribution in [1.82, 2.24) is 0 Å². The number of hydrogen-bond acceptors (Lipinski definition) is 2. The van der Waals surface area contributed by atoms with Gasteiger partial charge in [-0.1, -0.05) is 188 Å². The lowest BCUT2D eigenvalue weighted by Crippen LogP contribution is -2.10. The SMILES string of the molecule is c1ccc(-c2cccc3c2oc2c(-c4cccc(N(c5ccc(-c6cccc7ccccc67)cc5)c5ccc(-c6cccc7ccccc67)cc5)c4)cccc23)cc1. The highest BCUT2D eigenvalue weighted by molar-refractivity contribution is 6.13. The van der Waals surface area contributed by atoms with Gasteiger partial charge in [0, 0.05) is 39.0 Å². The molecule has 272 valence electrons. The van der Waals surface area contributed by atoms with Gasteiger partial charge in [0.2, 0.25) is 0 Å². The highest BCUT2D eigenvalue weighted by Crippen LogP contribution is 2.43. The molecule has 0 radical (unpaired) electrons. The molecule has 0 bridgehead atoms. The molecule has 11 aromatic rings. The van der Waals surface area contributed by atoms with Crippen molar-refractivity contribution < 1.29 is 4.42 Å². The van der Waals surface area contributed by atoms with Gasteiger partial charge >= 0.3 is 0 Å². The maximum Gasteiger partial charge on any atom is 0.143 e. The van der Waals surface area contributed by atoms with Crippen molar-refractivity contribution in [3.8, 4) is 44.5 Å². The van der Waals surface area contributed by atoms with E-state index >= 15 is 0 Å². The Bertz CT molecular complexity index is 3130. The number of fused-ring (bicyclic) bond motifs is 5. The zero-order chi connectivity index (χ0) is 38.4.